The number of carbonyl (C=O) groups excluding carboxylic acids is 1. The number of imidazole rings is 1. The van der Waals surface area contributed by atoms with Crippen LogP contribution in [-0.4, -0.2) is 28.5 Å². The first-order valence-corrected chi connectivity index (χ1v) is 6.11. The molecule has 0 saturated carbocycles. The first kappa shape index (κ1) is 13.4. The minimum Gasteiger partial charge on any atom is -0.467 e. The molecule has 6 heteroatoms. The Morgan fingerprint density at radius 2 is 2.32 bits per heavy atom. The van der Waals surface area contributed by atoms with E-state index in [9.17, 15) is 4.79 Å². The Labute approximate surface area is 111 Å². The zero-order valence-electron chi connectivity index (χ0n) is 11.3. The number of hydrogen-bond donors (Lipinski definition) is 2. The molecule has 0 aliphatic heterocycles. The number of amides is 1. The van der Waals surface area contributed by atoms with Gasteiger partial charge in [-0.3, -0.25) is 10.1 Å². The number of nitrogens with one attached hydrogen (secondary N) is 2. The lowest BCUT2D eigenvalue weighted by atomic mass is 10.1. The predicted molar refractivity (Wildman–Crippen MR) is 70.4 cm³/mol. The molecule has 0 saturated heterocycles. The van der Waals surface area contributed by atoms with Crippen LogP contribution in [0.3, 0.4) is 0 Å². The fourth-order valence-corrected chi connectivity index (χ4v) is 1.94. The number of hydrogen-bond acceptors (Lipinski definition) is 4. The summed E-state index contributed by atoms with van der Waals surface area (Å²) in [7, 11) is 3.52. The smallest absolute Gasteiger partial charge is 0.236 e. The van der Waals surface area contributed by atoms with E-state index in [2.05, 4.69) is 15.6 Å². The molecule has 2 atom stereocenters. The van der Waals surface area contributed by atoms with Crippen LogP contribution in [0.25, 0.3) is 0 Å². The van der Waals surface area contributed by atoms with Gasteiger partial charge in [0, 0.05) is 26.5 Å². The molecule has 6 nitrogen and oxygen atoms in total. The van der Waals surface area contributed by atoms with Gasteiger partial charge in [0.05, 0.1) is 12.3 Å². The average Bonchev–Trinajstić information content (AvgIpc) is 3.06. The lowest BCUT2D eigenvalue weighted by molar-refractivity contribution is -0.122. The second-order valence-corrected chi connectivity index (χ2v) is 4.35. The van der Waals surface area contributed by atoms with Crippen LogP contribution in [-0.2, 0) is 11.8 Å². The predicted octanol–water partition coefficient (Wildman–Crippen LogP) is 0.827. The van der Waals surface area contributed by atoms with E-state index < -0.39 is 0 Å². The average molecular weight is 262 g/mol. The van der Waals surface area contributed by atoms with Gasteiger partial charge < -0.3 is 14.3 Å². The Kier molecular flexibility index (Phi) is 4.01. The van der Waals surface area contributed by atoms with E-state index in [1.54, 1.807) is 26.4 Å². The SMILES string of the molecule is CNC(=O)C(C)NC(c1ccco1)c1nccn1C. The third kappa shape index (κ3) is 2.85. The van der Waals surface area contributed by atoms with Crippen LogP contribution in [0.1, 0.15) is 24.6 Å². The maximum absolute atomic E-state index is 11.6. The number of rotatable bonds is 5. The van der Waals surface area contributed by atoms with Crippen LogP contribution in [0.15, 0.2) is 35.2 Å². The van der Waals surface area contributed by atoms with Gasteiger partial charge in [0.2, 0.25) is 5.91 Å². The lowest BCUT2D eigenvalue weighted by Gasteiger charge is -2.20. The number of carbonyl (C=O) groups is 1. The number of nitrogens with zero attached hydrogens (tertiary/aromatic N) is 2. The Balaban J connectivity index is 2.26. The van der Waals surface area contributed by atoms with Crippen molar-refractivity contribution in [3.05, 3.63) is 42.4 Å². The molecule has 2 rings (SSSR count). The minimum absolute atomic E-state index is 0.0780. The van der Waals surface area contributed by atoms with Crippen molar-refractivity contribution >= 4 is 5.91 Å². The summed E-state index contributed by atoms with van der Waals surface area (Å²) in [5.41, 5.74) is 0. The van der Waals surface area contributed by atoms with Gasteiger partial charge in [-0.25, -0.2) is 4.98 Å². The van der Waals surface area contributed by atoms with Crippen LogP contribution in [0, 0.1) is 0 Å². The fourth-order valence-electron chi connectivity index (χ4n) is 1.94. The molecule has 0 fully saturated rings. The molecule has 19 heavy (non-hydrogen) atoms. The van der Waals surface area contributed by atoms with Crippen molar-refractivity contribution in [2.75, 3.05) is 7.05 Å². The summed E-state index contributed by atoms with van der Waals surface area (Å²) in [5, 5.41) is 5.84. The van der Waals surface area contributed by atoms with Gasteiger partial charge in [-0.2, -0.15) is 0 Å². The van der Waals surface area contributed by atoms with Crippen molar-refractivity contribution in [1.82, 2.24) is 20.2 Å². The molecule has 2 aromatic heterocycles. The van der Waals surface area contributed by atoms with Crippen LogP contribution in [0.4, 0.5) is 0 Å². The quantitative estimate of drug-likeness (QED) is 0.837. The minimum atomic E-state index is -0.350. The Hall–Kier alpha value is -2.08. The van der Waals surface area contributed by atoms with Crippen molar-refractivity contribution in [1.29, 1.82) is 0 Å². The maximum atomic E-state index is 11.6. The van der Waals surface area contributed by atoms with Crippen molar-refractivity contribution in [3.8, 4) is 0 Å². The van der Waals surface area contributed by atoms with Gasteiger partial charge in [0.25, 0.3) is 0 Å². The highest BCUT2D eigenvalue weighted by Gasteiger charge is 2.24. The molecule has 2 unspecified atom stereocenters. The Morgan fingerprint density at radius 1 is 1.53 bits per heavy atom. The summed E-state index contributed by atoms with van der Waals surface area (Å²) in [6, 6.07) is 3.07. The van der Waals surface area contributed by atoms with Gasteiger partial charge in [0.1, 0.15) is 17.6 Å². The molecule has 102 valence electrons. The van der Waals surface area contributed by atoms with E-state index in [0.29, 0.717) is 0 Å². The van der Waals surface area contributed by atoms with Crippen LogP contribution >= 0.6 is 0 Å². The van der Waals surface area contributed by atoms with Crippen molar-refractivity contribution in [3.63, 3.8) is 0 Å². The first-order chi connectivity index (χ1) is 9.13. The molecule has 0 aliphatic carbocycles. The fraction of sp³-hybridized carbons (Fsp3) is 0.385. The highest BCUT2D eigenvalue weighted by atomic mass is 16.3. The van der Waals surface area contributed by atoms with E-state index in [0.717, 1.165) is 11.6 Å². The van der Waals surface area contributed by atoms with Crippen LogP contribution < -0.4 is 10.6 Å². The topological polar surface area (TPSA) is 72.1 Å². The normalized spacial score (nSPS) is 14.1. The zero-order chi connectivity index (χ0) is 13.8. The van der Waals surface area contributed by atoms with Crippen LogP contribution in [0.2, 0.25) is 0 Å². The third-order valence-corrected chi connectivity index (χ3v) is 3.00. The van der Waals surface area contributed by atoms with Gasteiger partial charge in [-0.05, 0) is 19.1 Å². The van der Waals surface area contributed by atoms with Crippen molar-refractivity contribution in [2.45, 2.75) is 19.0 Å². The van der Waals surface area contributed by atoms with Gasteiger partial charge in [0.15, 0.2) is 0 Å². The van der Waals surface area contributed by atoms with Crippen molar-refractivity contribution in [2.24, 2.45) is 7.05 Å². The van der Waals surface area contributed by atoms with E-state index in [1.165, 1.54) is 0 Å². The molecule has 0 bridgehead atoms. The number of aromatic nitrogens is 2. The zero-order valence-corrected chi connectivity index (χ0v) is 11.3. The third-order valence-electron chi connectivity index (χ3n) is 3.00. The summed E-state index contributed by atoms with van der Waals surface area (Å²) in [6.07, 6.45) is 5.19. The molecule has 1 amide bonds. The number of likely N-dealkylation sites (N-methyl/N-ethyl adjacent to an activating group) is 1. The molecule has 0 spiro atoms. The molecule has 0 aromatic carbocycles. The molecule has 0 aliphatic rings. The molecular formula is C13H18N4O2. The van der Waals surface area contributed by atoms with E-state index in [-0.39, 0.29) is 18.0 Å². The summed E-state index contributed by atoms with van der Waals surface area (Å²) >= 11 is 0. The number of aryl methyl sites for hydroxylation is 1. The van der Waals surface area contributed by atoms with Crippen LogP contribution in [0.5, 0.6) is 0 Å². The molecule has 2 N–H and O–H groups in total. The lowest BCUT2D eigenvalue weighted by Crippen LogP contribution is -2.43. The monoisotopic (exact) mass is 262 g/mol. The summed E-state index contributed by atoms with van der Waals surface area (Å²) in [5.74, 6) is 1.45. The van der Waals surface area contributed by atoms with Gasteiger partial charge in [-0.1, -0.05) is 0 Å². The van der Waals surface area contributed by atoms with Gasteiger partial charge >= 0.3 is 0 Å². The Bertz CT molecular complexity index is 533. The van der Waals surface area contributed by atoms with E-state index in [1.807, 2.05) is 29.9 Å². The molecule has 2 aromatic rings. The highest BCUT2D eigenvalue weighted by Crippen LogP contribution is 2.21. The van der Waals surface area contributed by atoms with Crippen molar-refractivity contribution < 1.29 is 9.21 Å². The second kappa shape index (κ2) is 5.71. The number of furan rings is 1. The second-order valence-electron chi connectivity index (χ2n) is 4.35. The summed E-state index contributed by atoms with van der Waals surface area (Å²) in [6.45, 7) is 1.80. The van der Waals surface area contributed by atoms with E-state index >= 15 is 0 Å². The van der Waals surface area contributed by atoms with E-state index in [4.69, 9.17) is 4.42 Å². The van der Waals surface area contributed by atoms with Gasteiger partial charge in [-0.15, -0.1) is 0 Å². The molecule has 2 heterocycles. The summed E-state index contributed by atoms with van der Waals surface area (Å²) in [4.78, 5) is 16.0. The summed E-state index contributed by atoms with van der Waals surface area (Å²) < 4.78 is 7.34. The highest BCUT2D eigenvalue weighted by molar-refractivity contribution is 5.81. The largest absolute Gasteiger partial charge is 0.467 e. The standard InChI is InChI=1S/C13H18N4O2/c1-9(13(18)14-2)16-11(10-5-4-8-19-10)12-15-6-7-17(12)3/h4-9,11,16H,1-3H3,(H,14,18). The molecular weight excluding hydrogens is 244 g/mol. The molecule has 0 radical (unpaired) electrons. The maximum Gasteiger partial charge on any atom is 0.236 e. The Morgan fingerprint density at radius 3 is 2.84 bits per heavy atom. The first-order valence-electron chi connectivity index (χ1n) is 6.11.